The minimum atomic E-state index is -2.99. The molecule has 8 heteroatoms. The molecule has 0 unspecified atom stereocenters. The summed E-state index contributed by atoms with van der Waals surface area (Å²) >= 11 is 1.54. The maximum Gasteiger partial charge on any atom is 0.214 e. The third-order valence-corrected chi connectivity index (χ3v) is 5.97. The predicted molar refractivity (Wildman–Crippen MR) is 73.7 cm³/mol. The Balaban J connectivity index is 1.65. The van der Waals surface area contributed by atoms with Crippen molar-refractivity contribution in [3.63, 3.8) is 0 Å². The van der Waals surface area contributed by atoms with Gasteiger partial charge in [-0.15, -0.1) is 11.8 Å². The van der Waals surface area contributed by atoms with Gasteiger partial charge in [-0.3, -0.25) is 0 Å². The van der Waals surface area contributed by atoms with Crippen molar-refractivity contribution in [3.05, 3.63) is 24.8 Å². The molecule has 0 radical (unpaired) electrons. The van der Waals surface area contributed by atoms with Crippen LogP contribution in [0.4, 0.5) is 0 Å². The van der Waals surface area contributed by atoms with Crippen LogP contribution in [0.25, 0.3) is 5.65 Å². The summed E-state index contributed by atoms with van der Waals surface area (Å²) in [6, 6.07) is 0. The second kappa shape index (κ2) is 5.10. The van der Waals surface area contributed by atoms with Crippen molar-refractivity contribution in [2.45, 2.75) is 11.4 Å². The standard InChI is InChI=1S/C11H14N4O2S2/c16-19(17)9-1-4-15(19)7-8-18-11-10-12-2-5-14(10)6-3-13-11/h2-3,5-6H,1,4,7-9H2. The Morgan fingerprint density at radius 2 is 2.05 bits per heavy atom. The van der Waals surface area contributed by atoms with Crippen molar-refractivity contribution >= 4 is 27.4 Å². The van der Waals surface area contributed by atoms with E-state index >= 15 is 0 Å². The normalized spacial score (nSPS) is 19.2. The van der Waals surface area contributed by atoms with Gasteiger partial charge in [0, 0.05) is 43.6 Å². The summed E-state index contributed by atoms with van der Waals surface area (Å²) in [4.78, 5) is 8.54. The predicted octanol–water partition coefficient (Wildman–Crippen LogP) is 0.857. The monoisotopic (exact) mass is 298 g/mol. The van der Waals surface area contributed by atoms with Gasteiger partial charge in [-0.05, 0) is 6.42 Å². The molecule has 19 heavy (non-hydrogen) atoms. The van der Waals surface area contributed by atoms with Crippen molar-refractivity contribution in [1.29, 1.82) is 0 Å². The largest absolute Gasteiger partial charge is 0.303 e. The molecule has 1 aliphatic rings. The molecule has 0 aromatic carbocycles. The van der Waals surface area contributed by atoms with Crippen LogP contribution in [0.1, 0.15) is 6.42 Å². The molecule has 0 amide bonds. The molecular formula is C11H14N4O2S2. The van der Waals surface area contributed by atoms with Crippen LogP contribution < -0.4 is 0 Å². The van der Waals surface area contributed by atoms with E-state index in [9.17, 15) is 8.42 Å². The molecule has 0 N–H and O–H groups in total. The van der Waals surface area contributed by atoms with E-state index in [0.29, 0.717) is 18.8 Å². The first kappa shape index (κ1) is 12.9. The van der Waals surface area contributed by atoms with Gasteiger partial charge in [0.1, 0.15) is 5.03 Å². The lowest BCUT2D eigenvalue weighted by molar-refractivity contribution is 0.465. The van der Waals surface area contributed by atoms with E-state index in [4.69, 9.17) is 0 Å². The molecule has 0 saturated carbocycles. The van der Waals surface area contributed by atoms with Crippen LogP contribution >= 0.6 is 11.8 Å². The van der Waals surface area contributed by atoms with Gasteiger partial charge >= 0.3 is 0 Å². The van der Waals surface area contributed by atoms with Crippen molar-refractivity contribution in [2.24, 2.45) is 0 Å². The van der Waals surface area contributed by atoms with Gasteiger partial charge in [0.05, 0.1) is 5.75 Å². The van der Waals surface area contributed by atoms with Crippen molar-refractivity contribution in [2.75, 3.05) is 24.6 Å². The molecule has 0 aliphatic carbocycles. The van der Waals surface area contributed by atoms with Crippen molar-refractivity contribution in [1.82, 2.24) is 18.7 Å². The number of rotatable bonds is 4. The zero-order chi connectivity index (χ0) is 13.3. The molecule has 3 heterocycles. The quantitative estimate of drug-likeness (QED) is 0.783. The molecule has 1 fully saturated rings. The average molecular weight is 298 g/mol. The lowest BCUT2D eigenvalue weighted by atomic mass is 10.5. The summed E-state index contributed by atoms with van der Waals surface area (Å²) in [5.41, 5.74) is 0.816. The third kappa shape index (κ3) is 2.60. The van der Waals surface area contributed by atoms with Crippen LogP contribution in [-0.2, 0) is 10.0 Å². The Morgan fingerprint density at radius 1 is 1.26 bits per heavy atom. The highest BCUT2D eigenvalue weighted by Crippen LogP contribution is 2.21. The molecule has 3 rings (SSSR count). The Hall–Kier alpha value is -1.12. The molecule has 0 bridgehead atoms. The maximum absolute atomic E-state index is 11.7. The van der Waals surface area contributed by atoms with Gasteiger partial charge in [0.2, 0.25) is 10.0 Å². The van der Waals surface area contributed by atoms with Gasteiger partial charge in [-0.25, -0.2) is 22.7 Å². The van der Waals surface area contributed by atoms with E-state index in [-0.39, 0.29) is 5.75 Å². The number of nitrogens with zero attached hydrogens (tertiary/aromatic N) is 4. The maximum atomic E-state index is 11.7. The summed E-state index contributed by atoms with van der Waals surface area (Å²) in [5, 5.41) is 0.837. The minimum absolute atomic E-state index is 0.283. The first-order valence-corrected chi connectivity index (χ1v) is 8.64. The number of thioether (sulfide) groups is 1. The van der Waals surface area contributed by atoms with E-state index in [2.05, 4.69) is 9.97 Å². The number of aromatic nitrogens is 3. The summed E-state index contributed by atoms with van der Waals surface area (Å²) in [5.74, 6) is 0.977. The van der Waals surface area contributed by atoms with Gasteiger partial charge in [-0.1, -0.05) is 0 Å². The lowest BCUT2D eigenvalue weighted by Gasteiger charge is -2.13. The summed E-state index contributed by atoms with van der Waals surface area (Å²) in [6.07, 6.45) is 7.90. The Bertz CT molecular complexity index is 683. The zero-order valence-electron chi connectivity index (χ0n) is 10.3. The van der Waals surface area contributed by atoms with E-state index in [1.54, 1.807) is 28.5 Å². The van der Waals surface area contributed by atoms with Crippen LogP contribution in [0.3, 0.4) is 0 Å². The molecule has 102 valence electrons. The molecule has 2 aromatic heterocycles. The SMILES string of the molecule is O=S1(=O)CCCN1CCSc1nccn2ccnc12. The van der Waals surface area contributed by atoms with E-state index < -0.39 is 10.0 Å². The molecule has 6 nitrogen and oxygen atoms in total. The highest BCUT2D eigenvalue weighted by Gasteiger charge is 2.27. The number of hydrogen-bond acceptors (Lipinski definition) is 5. The van der Waals surface area contributed by atoms with Gasteiger partial charge in [0.25, 0.3) is 0 Å². The fourth-order valence-electron chi connectivity index (χ4n) is 2.12. The zero-order valence-corrected chi connectivity index (χ0v) is 11.9. The number of hydrogen-bond donors (Lipinski definition) is 0. The third-order valence-electron chi connectivity index (χ3n) is 3.06. The Morgan fingerprint density at radius 3 is 2.79 bits per heavy atom. The molecular weight excluding hydrogens is 284 g/mol. The Labute approximate surface area is 115 Å². The minimum Gasteiger partial charge on any atom is -0.303 e. The number of sulfonamides is 1. The summed E-state index contributed by atoms with van der Waals surface area (Å²) in [7, 11) is -2.99. The first-order chi connectivity index (χ1) is 9.17. The molecule has 1 saturated heterocycles. The smallest absolute Gasteiger partial charge is 0.214 e. The van der Waals surface area contributed by atoms with Crippen LogP contribution in [0.5, 0.6) is 0 Å². The average Bonchev–Trinajstić information content (AvgIpc) is 2.96. The lowest BCUT2D eigenvalue weighted by Crippen LogP contribution is -2.28. The number of imidazole rings is 1. The van der Waals surface area contributed by atoms with Crippen LogP contribution in [-0.4, -0.2) is 51.7 Å². The van der Waals surface area contributed by atoms with E-state index in [0.717, 1.165) is 17.1 Å². The highest BCUT2D eigenvalue weighted by molar-refractivity contribution is 7.99. The second-order valence-electron chi connectivity index (χ2n) is 4.31. The van der Waals surface area contributed by atoms with Crippen LogP contribution in [0.15, 0.2) is 29.8 Å². The van der Waals surface area contributed by atoms with Crippen molar-refractivity contribution < 1.29 is 8.42 Å². The van der Waals surface area contributed by atoms with Crippen LogP contribution in [0.2, 0.25) is 0 Å². The van der Waals surface area contributed by atoms with Crippen LogP contribution in [0, 0.1) is 0 Å². The van der Waals surface area contributed by atoms with Gasteiger partial charge < -0.3 is 4.40 Å². The van der Waals surface area contributed by atoms with Gasteiger partial charge in [0.15, 0.2) is 5.65 Å². The highest BCUT2D eigenvalue weighted by atomic mass is 32.2. The van der Waals surface area contributed by atoms with E-state index in [1.165, 1.54) is 0 Å². The fraction of sp³-hybridized carbons (Fsp3) is 0.455. The first-order valence-electron chi connectivity index (χ1n) is 6.05. The van der Waals surface area contributed by atoms with Gasteiger partial charge in [-0.2, -0.15) is 0 Å². The van der Waals surface area contributed by atoms with Crippen molar-refractivity contribution in [3.8, 4) is 0 Å². The summed E-state index contributed by atoms with van der Waals surface area (Å²) in [6.45, 7) is 1.18. The molecule has 1 aliphatic heterocycles. The topological polar surface area (TPSA) is 67.6 Å². The van der Waals surface area contributed by atoms with E-state index in [1.807, 2.05) is 16.8 Å². The molecule has 0 atom stereocenters. The molecule has 2 aromatic rings. The summed E-state index contributed by atoms with van der Waals surface area (Å²) < 4.78 is 26.8. The Kier molecular flexibility index (Phi) is 3.46. The number of fused-ring (bicyclic) bond motifs is 1. The fourth-order valence-corrected chi connectivity index (χ4v) is 4.69. The molecule has 0 spiro atoms. The second-order valence-corrected chi connectivity index (χ2v) is 7.48.